The molecule has 0 aromatic heterocycles. The first-order valence-corrected chi connectivity index (χ1v) is 5.42. The Morgan fingerprint density at radius 3 is 2.53 bits per heavy atom. The molecule has 1 aromatic carbocycles. The molecule has 1 heterocycles. The fraction of sp³-hybridized carbons (Fsp3) is 0.500. The van der Waals surface area contributed by atoms with Gasteiger partial charge < -0.3 is 10.2 Å². The van der Waals surface area contributed by atoms with E-state index in [1.165, 1.54) is 0 Å². The zero-order valence-corrected chi connectivity index (χ0v) is 8.76. The van der Waals surface area contributed by atoms with Gasteiger partial charge in [0.25, 0.3) is 0 Å². The van der Waals surface area contributed by atoms with Gasteiger partial charge in [-0.25, -0.2) is 4.90 Å². The summed E-state index contributed by atoms with van der Waals surface area (Å²) in [7, 11) is 0. The Morgan fingerprint density at radius 1 is 1.13 bits per heavy atom. The monoisotopic (exact) mass is 207 g/mol. The van der Waals surface area contributed by atoms with E-state index in [4.69, 9.17) is 0 Å². The summed E-state index contributed by atoms with van der Waals surface area (Å²) < 4.78 is 0. The molecule has 2 rings (SSSR count). The van der Waals surface area contributed by atoms with E-state index < -0.39 is 5.91 Å². The largest absolute Gasteiger partial charge is 0.353 e. The molecule has 1 aliphatic heterocycles. The van der Waals surface area contributed by atoms with Crippen molar-refractivity contribution in [1.82, 2.24) is 4.90 Å². The van der Waals surface area contributed by atoms with Gasteiger partial charge in [-0.15, -0.1) is 0 Å². The van der Waals surface area contributed by atoms with E-state index in [9.17, 15) is 10.2 Å². The SMILES string of the molecule is OC1(O)CCCCN1Cc1ccccc1. The van der Waals surface area contributed by atoms with Crippen molar-refractivity contribution in [3.05, 3.63) is 35.9 Å². The lowest BCUT2D eigenvalue weighted by molar-refractivity contribution is -0.282. The van der Waals surface area contributed by atoms with Crippen LogP contribution >= 0.6 is 0 Å². The molecule has 0 saturated carbocycles. The average molecular weight is 207 g/mol. The molecule has 0 aliphatic carbocycles. The fourth-order valence-corrected chi connectivity index (χ4v) is 2.01. The summed E-state index contributed by atoms with van der Waals surface area (Å²) in [6.07, 6.45) is 2.37. The van der Waals surface area contributed by atoms with E-state index in [0.29, 0.717) is 13.0 Å². The number of hydrogen-bond acceptors (Lipinski definition) is 3. The second-order valence-corrected chi connectivity index (χ2v) is 4.14. The van der Waals surface area contributed by atoms with Gasteiger partial charge in [0.1, 0.15) is 0 Å². The van der Waals surface area contributed by atoms with Gasteiger partial charge in [0.05, 0.1) is 0 Å². The maximum atomic E-state index is 9.78. The molecular weight excluding hydrogens is 190 g/mol. The smallest absolute Gasteiger partial charge is 0.225 e. The molecule has 2 N–H and O–H groups in total. The number of rotatable bonds is 2. The highest BCUT2D eigenvalue weighted by Crippen LogP contribution is 2.24. The highest BCUT2D eigenvalue weighted by Gasteiger charge is 2.34. The Hall–Kier alpha value is -0.900. The topological polar surface area (TPSA) is 43.7 Å². The third-order valence-electron chi connectivity index (χ3n) is 2.91. The molecule has 0 radical (unpaired) electrons. The molecular formula is C12H17NO2. The van der Waals surface area contributed by atoms with E-state index in [1.807, 2.05) is 30.3 Å². The van der Waals surface area contributed by atoms with Crippen LogP contribution in [0.5, 0.6) is 0 Å². The van der Waals surface area contributed by atoms with Crippen LogP contribution in [-0.2, 0) is 6.54 Å². The van der Waals surface area contributed by atoms with E-state index >= 15 is 0 Å². The van der Waals surface area contributed by atoms with Crippen LogP contribution in [0.3, 0.4) is 0 Å². The third kappa shape index (κ3) is 2.56. The van der Waals surface area contributed by atoms with Crippen LogP contribution in [0.4, 0.5) is 0 Å². The minimum absolute atomic E-state index is 0.444. The molecule has 0 bridgehead atoms. The summed E-state index contributed by atoms with van der Waals surface area (Å²) >= 11 is 0. The van der Waals surface area contributed by atoms with Crippen LogP contribution in [0.15, 0.2) is 30.3 Å². The maximum Gasteiger partial charge on any atom is 0.225 e. The van der Waals surface area contributed by atoms with Crippen molar-refractivity contribution >= 4 is 0 Å². The van der Waals surface area contributed by atoms with Crippen molar-refractivity contribution in [2.45, 2.75) is 31.7 Å². The summed E-state index contributed by atoms with van der Waals surface area (Å²) in [5.74, 6) is -1.62. The number of likely N-dealkylation sites (tertiary alicyclic amines) is 1. The molecule has 0 amide bonds. The Balaban J connectivity index is 2.05. The molecule has 0 unspecified atom stereocenters. The minimum Gasteiger partial charge on any atom is -0.353 e. The predicted molar refractivity (Wildman–Crippen MR) is 57.9 cm³/mol. The third-order valence-corrected chi connectivity index (χ3v) is 2.91. The van der Waals surface area contributed by atoms with Crippen molar-refractivity contribution in [1.29, 1.82) is 0 Å². The van der Waals surface area contributed by atoms with Crippen molar-refractivity contribution in [3.8, 4) is 0 Å². The molecule has 0 spiro atoms. The van der Waals surface area contributed by atoms with Crippen LogP contribution in [0.1, 0.15) is 24.8 Å². The van der Waals surface area contributed by atoms with Gasteiger partial charge in [-0.3, -0.25) is 0 Å². The van der Waals surface area contributed by atoms with Gasteiger partial charge in [0.2, 0.25) is 5.91 Å². The van der Waals surface area contributed by atoms with Crippen LogP contribution in [0.25, 0.3) is 0 Å². The lowest BCUT2D eigenvalue weighted by Gasteiger charge is -2.38. The normalized spacial score (nSPS) is 21.5. The Kier molecular flexibility index (Phi) is 3.05. The summed E-state index contributed by atoms with van der Waals surface area (Å²) in [6, 6.07) is 9.91. The van der Waals surface area contributed by atoms with Gasteiger partial charge in [-0.1, -0.05) is 30.3 Å². The van der Waals surface area contributed by atoms with Crippen molar-refractivity contribution < 1.29 is 10.2 Å². The van der Waals surface area contributed by atoms with E-state index in [1.54, 1.807) is 4.90 Å². The van der Waals surface area contributed by atoms with Crippen molar-refractivity contribution in [3.63, 3.8) is 0 Å². The van der Waals surface area contributed by atoms with Gasteiger partial charge in [0, 0.05) is 19.5 Å². The van der Waals surface area contributed by atoms with Gasteiger partial charge in [0.15, 0.2) is 0 Å². The number of benzene rings is 1. The molecule has 15 heavy (non-hydrogen) atoms. The van der Waals surface area contributed by atoms with Crippen LogP contribution in [0.2, 0.25) is 0 Å². The molecule has 1 aromatic rings. The second kappa shape index (κ2) is 4.31. The summed E-state index contributed by atoms with van der Waals surface area (Å²) in [5.41, 5.74) is 1.12. The molecule has 3 heteroatoms. The minimum atomic E-state index is -1.62. The van der Waals surface area contributed by atoms with E-state index in [-0.39, 0.29) is 0 Å². The molecule has 1 saturated heterocycles. The lowest BCUT2D eigenvalue weighted by atomic mass is 10.1. The highest BCUT2D eigenvalue weighted by molar-refractivity contribution is 5.14. The first-order chi connectivity index (χ1) is 7.18. The van der Waals surface area contributed by atoms with Gasteiger partial charge in [-0.2, -0.15) is 0 Å². The van der Waals surface area contributed by atoms with Crippen molar-refractivity contribution in [2.75, 3.05) is 6.54 Å². The summed E-state index contributed by atoms with van der Waals surface area (Å²) in [4.78, 5) is 1.73. The summed E-state index contributed by atoms with van der Waals surface area (Å²) in [6.45, 7) is 1.36. The zero-order valence-electron chi connectivity index (χ0n) is 8.76. The fourth-order valence-electron chi connectivity index (χ4n) is 2.01. The molecule has 3 nitrogen and oxygen atoms in total. The molecule has 82 valence electrons. The Labute approximate surface area is 90.0 Å². The van der Waals surface area contributed by atoms with Crippen LogP contribution in [-0.4, -0.2) is 27.6 Å². The quantitative estimate of drug-likeness (QED) is 0.719. The van der Waals surface area contributed by atoms with Gasteiger partial charge in [-0.05, 0) is 18.4 Å². The lowest BCUT2D eigenvalue weighted by Crippen LogP contribution is -2.51. The standard InChI is InChI=1S/C12H17NO2/c14-12(15)8-4-5-9-13(12)10-11-6-2-1-3-7-11/h1-3,6-7,14-15H,4-5,8-10H2. The number of piperidine rings is 1. The number of nitrogens with zero attached hydrogens (tertiary/aromatic N) is 1. The molecule has 1 fully saturated rings. The molecule has 1 aliphatic rings. The van der Waals surface area contributed by atoms with Crippen molar-refractivity contribution in [2.24, 2.45) is 0 Å². The van der Waals surface area contributed by atoms with E-state index in [0.717, 1.165) is 24.9 Å². The Bertz CT molecular complexity index is 311. The molecule has 0 atom stereocenters. The average Bonchev–Trinajstić information content (AvgIpc) is 2.23. The summed E-state index contributed by atoms with van der Waals surface area (Å²) in [5, 5.41) is 19.6. The number of aliphatic hydroxyl groups is 2. The first kappa shape index (κ1) is 10.6. The predicted octanol–water partition coefficient (Wildman–Crippen LogP) is 1.31. The maximum absolute atomic E-state index is 9.78. The zero-order chi connectivity index (χ0) is 10.7. The number of hydrogen-bond donors (Lipinski definition) is 2. The Morgan fingerprint density at radius 2 is 1.87 bits per heavy atom. The first-order valence-electron chi connectivity index (χ1n) is 5.42. The second-order valence-electron chi connectivity index (χ2n) is 4.14. The van der Waals surface area contributed by atoms with Crippen LogP contribution < -0.4 is 0 Å². The van der Waals surface area contributed by atoms with Gasteiger partial charge >= 0.3 is 0 Å². The highest BCUT2D eigenvalue weighted by atomic mass is 16.5. The van der Waals surface area contributed by atoms with Crippen LogP contribution in [0, 0.1) is 0 Å². The van der Waals surface area contributed by atoms with E-state index in [2.05, 4.69) is 0 Å².